The van der Waals surface area contributed by atoms with E-state index in [0.29, 0.717) is 12.1 Å². The van der Waals surface area contributed by atoms with Gasteiger partial charge in [0.15, 0.2) is 0 Å². The average Bonchev–Trinajstić information content (AvgIpc) is 3.20. The first-order valence-corrected chi connectivity index (χ1v) is 10.3. The van der Waals surface area contributed by atoms with Crippen LogP contribution in [-0.4, -0.2) is 25.2 Å². The maximum Gasteiger partial charge on any atom is 0.255 e. The Kier molecular flexibility index (Phi) is 5.40. The summed E-state index contributed by atoms with van der Waals surface area (Å²) in [5.41, 5.74) is 6.62. The van der Waals surface area contributed by atoms with Crippen molar-refractivity contribution >= 4 is 22.6 Å². The first kappa shape index (κ1) is 19.9. The number of carbonyl (C=O) groups is 1. The molecule has 0 spiro atoms. The molecule has 0 atom stereocenters. The predicted octanol–water partition coefficient (Wildman–Crippen LogP) is 4.87. The molecule has 6 heteroatoms. The molecule has 2 aromatic heterocycles. The summed E-state index contributed by atoms with van der Waals surface area (Å²) in [6.45, 7) is 9.84. The number of benzene rings is 2. The van der Waals surface area contributed by atoms with Gasteiger partial charge in [-0.3, -0.25) is 9.48 Å². The van der Waals surface area contributed by atoms with E-state index in [2.05, 4.69) is 33.0 Å². The lowest BCUT2D eigenvalue weighted by molar-refractivity contribution is 0.102. The third kappa shape index (κ3) is 3.99. The lowest BCUT2D eigenvalue weighted by Gasteiger charge is -2.08. The summed E-state index contributed by atoms with van der Waals surface area (Å²) in [6.07, 6.45) is 1.06. The number of nitrogens with zero attached hydrogens (tertiary/aromatic N) is 4. The Morgan fingerprint density at radius 2 is 1.80 bits per heavy atom. The zero-order chi connectivity index (χ0) is 21.3. The van der Waals surface area contributed by atoms with Crippen molar-refractivity contribution in [3.05, 3.63) is 76.9 Å². The molecule has 0 radical (unpaired) electrons. The van der Waals surface area contributed by atoms with Crippen LogP contribution >= 0.6 is 0 Å². The molecule has 6 nitrogen and oxygen atoms in total. The number of amides is 1. The maximum absolute atomic E-state index is 12.7. The molecule has 0 saturated carbocycles. The molecule has 4 rings (SSSR count). The number of imidazole rings is 1. The van der Waals surface area contributed by atoms with Crippen LogP contribution in [0.3, 0.4) is 0 Å². The molecule has 1 amide bonds. The lowest BCUT2D eigenvalue weighted by atomic mass is 10.1. The van der Waals surface area contributed by atoms with Gasteiger partial charge in [-0.15, -0.1) is 0 Å². The van der Waals surface area contributed by atoms with Gasteiger partial charge < -0.3 is 9.88 Å². The van der Waals surface area contributed by atoms with Crippen molar-refractivity contribution in [2.75, 3.05) is 5.32 Å². The van der Waals surface area contributed by atoms with Crippen LogP contribution in [0.5, 0.6) is 0 Å². The minimum absolute atomic E-state index is 0.128. The molecule has 30 heavy (non-hydrogen) atoms. The molecule has 0 saturated heterocycles. The van der Waals surface area contributed by atoms with Gasteiger partial charge in [-0.2, -0.15) is 5.10 Å². The SMILES string of the molecule is CCCn1c(C)nc2cc(NC(=O)c3ccc(Cn4nc(C)cc4C)cc3)ccc21. The number of fused-ring (bicyclic) bond motifs is 1. The van der Waals surface area contributed by atoms with Crippen molar-refractivity contribution in [3.63, 3.8) is 0 Å². The molecule has 0 fully saturated rings. The van der Waals surface area contributed by atoms with E-state index in [-0.39, 0.29) is 5.91 Å². The molecule has 0 aliphatic carbocycles. The van der Waals surface area contributed by atoms with Gasteiger partial charge >= 0.3 is 0 Å². The summed E-state index contributed by atoms with van der Waals surface area (Å²) in [4.78, 5) is 17.3. The smallest absolute Gasteiger partial charge is 0.255 e. The van der Waals surface area contributed by atoms with Crippen LogP contribution in [-0.2, 0) is 13.1 Å². The lowest BCUT2D eigenvalue weighted by Crippen LogP contribution is -2.12. The zero-order valence-electron chi connectivity index (χ0n) is 17.9. The molecular weight excluding hydrogens is 374 g/mol. The largest absolute Gasteiger partial charge is 0.328 e. The van der Waals surface area contributed by atoms with Gasteiger partial charge in [0.2, 0.25) is 0 Å². The topological polar surface area (TPSA) is 64.7 Å². The second kappa shape index (κ2) is 8.14. The van der Waals surface area contributed by atoms with Gasteiger partial charge in [0.1, 0.15) is 5.82 Å². The Bertz CT molecular complexity index is 1200. The van der Waals surface area contributed by atoms with Crippen LogP contribution in [0, 0.1) is 20.8 Å². The van der Waals surface area contributed by atoms with Crippen LogP contribution in [0.15, 0.2) is 48.5 Å². The van der Waals surface area contributed by atoms with Crippen molar-refractivity contribution in [1.29, 1.82) is 0 Å². The molecule has 4 aromatic rings. The van der Waals surface area contributed by atoms with E-state index in [9.17, 15) is 4.79 Å². The highest BCUT2D eigenvalue weighted by atomic mass is 16.1. The molecule has 154 valence electrons. The first-order valence-electron chi connectivity index (χ1n) is 10.3. The van der Waals surface area contributed by atoms with Crippen LogP contribution in [0.1, 0.15) is 46.5 Å². The molecular formula is C24H27N5O. The van der Waals surface area contributed by atoms with Crippen LogP contribution in [0.25, 0.3) is 11.0 Å². The van der Waals surface area contributed by atoms with Crippen molar-refractivity contribution in [2.24, 2.45) is 0 Å². The van der Waals surface area contributed by atoms with Gasteiger partial charge in [0.25, 0.3) is 5.91 Å². The monoisotopic (exact) mass is 401 g/mol. The maximum atomic E-state index is 12.7. The number of aryl methyl sites for hydroxylation is 4. The molecule has 2 heterocycles. The Balaban J connectivity index is 1.47. The fourth-order valence-electron chi connectivity index (χ4n) is 3.81. The van der Waals surface area contributed by atoms with E-state index in [1.165, 1.54) is 0 Å². The zero-order valence-corrected chi connectivity index (χ0v) is 17.9. The first-order chi connectivity index (χ1) is 14.4. The van der Waals surface area contributed by atoms with Gasteiger partial charge in [-0.05, 0) is 69.2 Å². The third-order valence-electron chi connectivity index (χ3n) is 5.30. The minimum atomic E-state index is -0.128. The fourth-order valence-corrected chi connectivity index (χ4v) is 3.81. The number of hydrogen-bond acceptors (Lipinski definition) is 3. The second-order valence-corrected chi connectivity index (χ2v) is 7.75. The van der Waals surface area contributed by atoms with Gasteiger partial charge in [-0.25, -0.2) is 4.98 Å². The molecule has 0 aliphatic heterocycles. The van der Waals surface area contributed by atoms with E-state index in [4.69, 9.17) is 0 Å². The highest BCUT2D eigenvalue weighted by molar-refractivity contribution is 6.05. The number of rotatable bonds is 6. The minimum Gasteiger partial charge on any atom is -0.328 e. The molecule has 0 bridgehead atoms. The summed E-state index contributed by atoms with van der Waals surface area (Å²) < 4.78 is 4.18. The fraction of sp³-hybridized carbons (Fsp3) is 0.292. The number of carbonyl (C=O) groups excluding carboxylic acids is 1. The number of hydrogen-bond donors (Lipinski definition) is 1. The van der Waals surface area contributed by atoms with E-state index < -0.39 is 0 Å². The quantitative estimate of drug-likeness (QED) is 0.501. The summed E-state index contributed by atoms with van der Waals surface area (Å²) >= 11 is 0. The standard InChI is InChI=1S/C24H27N5O/c1-5-12-28-18(4)25-22-14-21(10-11-23(22)28)26-24(30)20-8-6-19(7-9-20)15-29-17(3)13-16(2)27-29/h6-11,13-14H,5,12,15H2,1-4H3,(H,26,30). The Morgan fingerprint density at radius 1 is 1.03 bits per heavy atom. The third-order valence-corrected chi connectivity index (χ3v) is 5.30. The highest BCUT2D eigenvalue weighted by Crippen LogP contribution is 2.21. The normalized spacial score (nSPS) is 11.2. The summed E-state index contributed by atoms with van der Waals surface area (Å²) in [6, 6.07) is 15.6. The summed E-state index contributed by atoms with van der Waals surface area (Å²) in [5, 5.41) is 7.48. The molecule has 1 N–H and O–H groups in total. The molecule has 2 aromatic carbocycles. The number of anilines is 1. The van der Waals surface area contributed by atoms with Crippen LogP contribution in [0.2, 0.25) is 0 Å². The van der Waals surface area contributed by atoms with E-state index in [1.807, 2.05) is 67.9 Å². The van der Waals surface area contributed by atoms with Gasteiger partial charge in [0, 0.05) is 23.5 Å². The van der Waals surface area contributed by atoms with Crippen molar-refractivity contribution in [2.45, 2.75) is 47.2 Å². The predicted molar refractivity (Wildman–Crippen MR) is 120 cm³/mol. The Labute approximate surface area is 176 Å². The summed E-state index contributed by atoms with van der Waals surface area (Å²) in [5.74, 6) is 0.866. The van der Waals surface area contributed by atoms with E-state index in [1.54, 1.807) is 0 Å². The Hall–Kier alpha value is -3.41. The van der Waals surface area contributed by atoms with Gasteiger partial charge in [0.05, 0.1) is 23.3 Å². The Morgan fingerprint density at radius 3 is 2.47 bits per heavy atom. The van der Waals surface area contributed by atoms with Crippen LogP contribution < -0.4 is 5.32 Å². The van der Waals surface area contributed by atoms with E-state index >= 15 is 0 Å². The van der Waals surface area contributed by atoms with Gasteiger partial charge in [-0.1, -0.05) is 19.1 Å². The average molecular weight is 402 g/mol. The summed E-state index contributed by atoms with van der Waals surface area (Å²) in [7, 11) is 0. The molecule has 0 aliphatic rings. The second-order valence-electron chi connectivity index (χ2n) is 7.75. The van der Waals surface area contributed by atoms with Crippen molar-refractivity contribution in [1.82, 2.24) is 19.3 Å². The van der Waals surface area contributed by atoms with Crippen LogP contribution in [0.4, 0.5) is 5.69 Å². The van der Waals surface area contributed by atoms with Crippen molar-refractivity contribution in [3.8, 4) is 0 Å². The van der Waals surface area contributed by atoms with Crippen molar-refractivity contribution < 1.29 is 4.79 Å². The number of aromatic nitrogens is 4. The molecule has 0 unspecified atom stereocenters. The number of nitrogens with one attached hydrogen (secondary N) is 1. The van der Waals surface area contributed by atoms with E-state index in [0.717, 1.165) is 52.5 Å². The highest BCUT2D eigenvalue weighted by Gasteiger charge is 2.11.